The van der Waals surface area contributed by atoms with Crippen LogP contribution in [0.1, 0.15) is 38.2 Å². The van der Waals surface area contributed by atoms with Crippen LogP contribution in [0, 0.1) is 11.8 Å². The number of carbonyl (C=O) groups excluding carboxylic acids is 1. The Labute approximate surface area is 125 Å². The molecular weight excluding hydrogens is 274 g/mol. The molecule has 0 spiro atoms. The molecule has 0 heterocycles. The highest BCUT2D eigenvalue weighted by atomic mass is 35.5. The van der Waals surface area contributed by atoms with Crippen LogP contribution in [-0.2, 0) is 4.79 Å². The Kier molecular flexibility index (Phi) is 5.06. The molecule has 1 aliphatic rings. The monoisotopic (exact) mass is 295 g/mol. The first-order chi connectivity index (χ1) is 9.51. The molecule has 1 amide bonds. The number of nitrogens with one attached hydrogen (secondary N) is 1. The van der Waals surface area contributed by atoms with E-state index in [0.717, 1.165) is 12.8 Å². The van der Waals surface area contributed by atoms with Gasteiger partial charge in [0.15, 0.2) is 0 Å². The number of hydrogen-bond donors (Lipinski definition) is 2. The summed E-state index contributed by atoms with van der Waals surface area (Å²) in [7, 11) is 0. The number of hydrogen-bond acceptors (Lipinski definition) is 2. The molecule has 2 N–H and O–H groups in total. The van der Waals surface area contributed by atoms with Gasteiger partial charge in [-0.2, -0.15) is 0 Å². The molecule has 4 heteroatoms. The van der Waals surface area contributed by atoms with Gasteiger partial charge in [-0.3, -0.25) is 4.79 Å². The molecule has 1 saturated carbocycles. The van der Waals surface area contributed by atoms with Crippen molar-refractivity contribution in [3.8, 4) is 0 Å². The van der Waals surface area contributed by atoms with Crippen molar-refractivity contribution in [1.29, 1.82) is 0 Å². The highest BCUT2D eigenvalue weighted by Gasteiger charge is 2.44. The summed E-state index contributed by atoms with van der Waals surface area (Å²) in [5, 5.41) is 13.0. The third-order valence-electron chi connectivity index (χ3n) is 3.75. The fourth-order valence-electron chi connectivity index (χ4n) is 2.62. The fraction of sp³-hybridized carbons (Fsp3) is 0.562. The van der Waals surface area contributed by atoms with Crippen molar-refractivity contribution < 1.29 is 9.90 Å². The number of aliphatic hydroxyl groups is 1. The predicted octanol–water partition coefficient (Wildman–Crippen LogP) is 2.97. The zero-order chi connectivity index (χ0) is 14.7. The summed E-state index contributed by atoms with van der Waals surface area (Å²) in [5.74, 6) is 0.853. The van der Waals surface area contributed by atoms with E-state index in [2.05, 4.69) is 19.2 Å². The van der Waals surface area contributed by atoms with E-state index in [-0.39, 0.29) is 24.5 Å². The Bertz CT molecular complexity index is 458. The molecule has 1 fully saturated rings. The zero-order valence-corrected chi connectivity index (χ0v) is 12.7. The summed E-state index contributed by atoms with van der Waals surface area (Å²) in [6.07, 6.45) is 1.69. The van der Waals surface area contributed by atoms with E-state index in [1.54, 1.807) is 0 Å². The van der Waals surface area contributed by atoms with Crippen molar-refractivity contribution in [2.45, 2.75) is 38.6 Å². The average molecular weight is 296 g/mol. The zero-order valence-electron chi connectivity index (χ0n) is 12.0. The van der Waals surface area contributed by atoms with Crippen LogP contribution < -0.4 is 5.32 Å². The lowest BCUT2D eigenvalue weighted by Crippen LogP contribution is -2.39. The lowest BCUT2D eigenvalue weighted by atomic mass is 10.0. The quantitative estimate of drug-likeness (QED) is 0.848. The van der Waals surface area contributed by atoms with Crippen LogP contribution in [0.2, 0.25) is 5.02 Å². The molecule has 0 aromatic heterocycles. The second kappa shape index (κ2) is 6.59. The number of carbonyl (C=O) groups is 1. The third-order valence-corrected chi connectivity index (χ3v) is 4.00. The van der Waals surface area contributed by atoms with Crippen LogP contribution in [-0.4, -0.2) is 23.7 Å². The first-order valence-electron chi connectivity index (χ1n) is 7.18. The predicted molar refractivity (Wildman–Crippen MR) is 80.8 cm³/mol. The molecule has 20 heavy (non-hydrogen) atoms. The molecule has 2 rings (SSSR count). The summed E-state index contributed by atoms with van der Waals surface area (Å²) in [6.45, 7) is 4.17. The molecule has 0 radical (unpaired) electrons. The minimum Gasteiger partial charge on any atom is -0.394 e. The maximum atomic E-state index is 12.2. The Morgan fingerprint density at radius 3 is 2.60 bits per heavy atom. The van der Waals surface area contributed by atoms with Gasteiger partial charge in [0, 0.05) is 10.9 Å². The fourth-order valence-corrected chi connectivity index (χ4v) is 2.75. The van der Waals surface area contributed by atoms with E-state index in [9.17, 15) is 9.90 Å². The van der Waals surface area contributed by atoms with Crippen LogP contribution in [0.5, 0.6) is 0 Å². The van der Waals surface area contributed by atoms with Gasteiger partial charge in [-0.25, -0.2) is 0 Å². The lowest BCUT2D eigenvalue weighted by Gasteiger charge is -2.18. The first kappa shape index (κ1) is 15.3. The molecule has 1 aromatic rings. The minimum atomic E-state index is -0.131. The van der Waals surface area contributed by atoms with Gasteiger partial charge < -0.3 is 10.4 Å². The SMILES string of the molecule is CC(C)CC(CO)NC(=O)C1CC1c1ccc(Cl)cc1. The molecular formula is C16H22ClNO2. The van der Waals surface area contributed by atoms with Gasteiger partial charge in [0.1, 0.15) is 0 Å². The van der Waals surface area contributed by atoms with Gasteiger partial charge in [-0.05, 0) is 42.4 Å². The maximum Gasteiger partial charge on any atom is 0.224 e. The van der Waals surface area contributed by atoms with Gasteiger partial charge >= 0.3 is 0 Å². The molecule has 0 bridgehead atoms. The molecule has 0 aliphatic heterocycles. The summed E-state index contributed by atoms with van der Waals surface area (Å²) >= 11 is 5.86. The van der Waals surface area contributed by atoms with E-state index in [0.29, 0.717) is 16.9 Å². The average Bonchev–Trinajstić information content (AvgIpc) is 3.18. The molecule has 0 saturated heterocycles. The number of halogens is 1. The highest BCUT2D eigenvalue weighted by molar-refractivity contribution is 6.30. The highest BCUT2D eigenvalue weighted by Crippen LogP contribution is 2.47. The lowest BCUT2D eigenvalue weighted by molar-refractivity contribution is -0.123. The van der Waals surface area contributed by atoms with Crippen LogP contribution in [0.25, 0.3) is 0 Å². The maximum absolute atomic E-state index is 12.2. The molecule has 3 atom stereocenters. The number of amides is 1. The summed E-state index contributed by atoms with van der Waals surface area (Å²) in [5.41, 5.74) is 1.17. The number of benzene rings is 1. The van der Waals surface area contributed by atoms with E-state index in [4.69, 9.17) is 11.6 Å². The molecule has 1 aliphatic carbocycles. The van der Waals surface area contributed by atoms with Gasteiger partial charge in [0.2, 0.25) is 5.91 Å². The summed E-state index contributed by atoms with van der Waals surface area (Å²) in [6, 6.07) is 7.56. The topological polar surface area (TPSA) is 49.3 Å². The Balaban J connectivity index is 1.87. The smallest absolute Gasteiger partial charge is 0.224 e. The minimum absolute atomic E-state index is 0.00223. The molecule has 1 aromatic carbocycles. The van der Waals surface area contributed by atoms with E-state index in [1.807, 2.05) is 24.3 Å². The van der Waals surface area contributed by atoms with Gasteiger partial charge in [-0.1, -0.05) is 37.6 Å². The van der Waals surface area contributed by atoms with E-state index < -0.39 is 0 Å². The second-order valence-corrected chi connectivity index (χ2v) is 6.45. The Morgan fingerprint density at radius 1 is 1.40 bits per heavy atom. The van der Waals surface area contributed by atoms with Crippen molar-refractivity contribution in [3.05, 3.63) is 34.9 Å². The third kappa shape index (κ3) is 3.97. The number of aliphatic hydroxyl groups excluding tert-OH is 1. The molecule has 3 nitrogen and oxygen atoms in total. The van der Waals surface area contributed by atoms with E-state index in [1.165, 1.54) is 5.56 Å². The van der Waals surface area contributed by atoms with E-state index >= 15 is 0 Å². The van der Waals surface area contributed by atoms with Crippen molar-refractivity contribution >= 4 is 17.5 Å². The largest absolute Gasteiger partial charge is 0.394 e. The van der Waals surface area contributed by atoms with Crippen molar-refractivity contribution in [1.82, 2.24) is 5.32 Å². The molecule has 3 unspecified atom stereocenters. The van der Waals surface area contributed by atoms with Crippen LogP contribution in [0.3, 0.4) is 0 Å². The van der Waals surface area contributed by atoms with Crippen LogP contribution in [0.4, 0.5) is 0 Å². The standard InChI is InChI=1S/C16H22ClNO2/c1-10(2)7-13(9-19)18-16(20)15-8-14(15)11-3-5-12(17)6-4-11/h3-6,10,13-15,19H,7-9H2,1-2H3,(H,18,20). The second-order valence-electron chi connectivity index (χ2n) is 6.02. The Hall–Kier alpha value is -1.06. The van der Waals surface area contributed by atoms with Crippen molar-refractivity contribution in [3.63, 3.8) is 0 Å². The normalized spacial score (nSPS) is 22.6. The summed E-state index contributed by atoms with van der Waals surface area (Å²) < 4.78 is 0. The van der Waals surface area contributed by atoms with Crippen molar-refractivity contribution in [2.24, 2.45) is 11.8 Å². The van der Waals surface area contributed by atoms with Gasteiger partial charge in [0.25, 0.3) is 0 Å². The number of rotatable bonds is 6. The van der Waals surface area contributed by atoms with Crippen LogP contribution in [0.15, 0.2) is 24.3 Å². The first-order valence-corrected chi connectivity index (χ1v) is 7.55. The van der Waals surface area contributed by atoms with Gasteiger partial charge in [0.05, 0.1) is 12.6 Å². The Morgan fingerprint density at radius 2 is 2.05 bits per heavy atom. The molecule has 110 valence electrons. The summed E-state index contributed by atoms with van der Waals surface area (Å²) in [4.78, 5) is 12.2. The van der Waals surface area contributed by atoms with Gasteiger partial charge in [-0.15, -0.1) is 0 Å². The van der Waals surface area contributed by atoms with Crippen molar-refractivity contribution in [2.75, 3.05) is 6.61 Å². The van der Waals surface area contributed by atoms with Crippen LogP contribution >= 0.6 is 11.6 Å².